The summed E-state index contributed by atoms with van der Waals surface area (Å²) in [5, 5.41) is 9.05. The fourth-order valence-electron chi connectivity index (χ4n) is 2.27. The molecule has 0 atom stereocenters. The van der Waals surface area contributed by atoms with Gasteiger partial charge in [0.15, 0.2) is 0 Å². The number of hydrogen-bond acceptors (Lipinski definition) is 3. The van der Waals surface area contributed by atoms with Gasteiger partial charge in [0.2, 0.25) is 5.91 Å². The Hall–Kier alpha value is -1.07. The monoisotopic (exact) mass is 297 g/mol. The molecule has 1 N–H and O–H groups in total. The number of nitrogens with zero attached hydrogens (tertiary/aromatic N) is 1. The number of aliphatic hydroxyl groups is 1. The molecule has 5 heteroatoms. The van der Waals surface area contributed by atoms with E-state index in [1.807, 2.05) is 0 Å². The number of amides is 1. The van der Waals surface area contributed by atoms with Gasteiger partial charge in [-0.15, -0.1) is 11.8 Å². The van der Waals surface area contributed by atoms with E-state index in [1.165, 1.54) is 17.8 Å². The Morgan fingerprint density at radius 3 is 2.75 bits per heavy atom. The van der Waals surface area contributed by atoms with E-state index in [2.05, 4.69) is 0 Å². The second-order valence-corrected chi connectivity index (χ2v) is 6.06. The summed E-state index contributed by atoms with van der Waals surface area (Å²) in [4.78, 5) is 14.5. The van der Waals surface area contributed by atoms with Crippen molar-refractivity contribution in [3.63, 3.8) is 0 Å². The first kappa shape index (κ1) is 15.3. The Kier molecular flexibility index (Phi) is 5.86. The van der Waals surface area contributed by atoms with Crippen molar-refractivity contribution in [3.8, 4) is 0 Å². The van der Waals surface area contributed by atoms with Crippen LogP contribution in [0.5, 0.6) is 0 Å². The first-order valence-corrected chi connectivity index (χ1v) is 7.98. The minimum absolute atomic E-state index is 0.00267. The minimum Gasteiger partial charge on any atom is -0.395 e. The van der Waals surface area contributed by atoms with Crippen LogP contribution in [0.3, 0.4) is 0 Å². The van der Waals surface area contributed by atoms with Crippen molar-refractivity contribution in [3.05, 3.63) is 30.1 Å². The maximum atomic E-state index is 13.4. The molecule has 0 aliphatic heterocycles. The third kappa shape index (κ3) is 3.96. The molecule has 1 aliphatic rings. The largest absolute Gasteiger partial charge is 0.395 e. The quantitative estimate of drug-likeness (QED) is 0.787. The van der Waals surface area contributed by atoms with Crippen LogP contribution >= 0.6 is 11.8 Å². The lowest BCUT2D eigenvalue weighted by Crippen LogP contribution is -2.45. The van der Waals surface area contributed by atoms with Gasteiger partial charge in [0.25, 0.3) is 0 Å². The molecule has 0 radical (unpaired) electrons. The standard InChI is InChI=1S/C15H20FNO2S/c16-13-6-1-2-7-14(13)20-11-8-15(19)17(9-10-18)12-4-3-5-12/h1-2,6-7,12,18H,3-5,8-11H2. The second kappa shape index (κ2) is 7.64. The fraction of sp³-hybridized carbons (Fsp3) is 0.533. The molecule has 1 fully saturated rings. The summed E-state index contributed by atoms with van der Waals surface area (Å²) in [5.41, 5.74) is 0. The van der Waals surface area contributed by atoms with Crippen LogP contribution in [0, 0.1) is 5.82 Å². The number of hydrogen-bond donors (Lipinski definition) is 1. The molecular weight excluding hydrogens is 277 g/mol. The van der Waals surface area contributed by atoms with Crippen LogP contribution in [0.4, 0.5) is 4.39 Å². The number of aliphatic hydroxyl groups excluding tert-OH is 1. The molecule has 1 aromatic rings. The summed E-state index contributed by atoms with van der Waals surface area (Å²) >= 11 is 1.36. The van der Waals surface area contributed by atoms with Gasteiger partial charge in [-0.1, -0.05) is 12.1 Å². The average molecular weight is 297 g/mol. The van der Waals surface area contributed by atoms with Crippen LogP contribution in [0.15, 0.2) is 29.2 Å². The van der Waals surface area contributed by atoms with Gasteiger partial charge in [-0.25, -0.2) is 4.39 Å². The number of benzene rings is 1. The van der Waals surface area contributed by atoms with Crippen molar-refractivity contribution >= 4 is 17.7 Å². The number of halogens is 1. The number of carbonyl (C=O) groups is 1. The van der Waals surface area contributed by atoms with Gasteiger partial charge in [-0.3, -0.25) is 4.79 Å². The number of thioether (sulfide) groups is 1. The molecule has 110 valence electrons. The van der Waals surface area contributed by atoms with Crippen molar-refractivity contribution in [2.75, 3.05) is 18.9 Å². The minimum atomic E-state index is -0.240. The molecule has 0 unspecified atom stereocenters. The Bertz CT molecular complexity index is 451. The van der Waals surface area contributed by atoms with Gasteiger partial charge in [0.05, 0.1) is 6.61 Å². The third-order valence-corrected chi connectivity index (χ3v) is 4.64. The van der Waals surface area contributed by atoms with Gasteiger partial charge in [-0.2, -0.15) is 0 Å². The van der Waals surface area contributed by atoms with E-state index in [0.29, 0.717) is 29.7 Å². The van der Waals surface area contributed by atoms with Crippen molar-refractivity contribution in [1.82, 2.24) is 4.90 Å². The van der Waals surface area contributed by atoms with Crippen LogP contribution in [-0.2, 0) is 4.79 Å². The second-order valence-electron chi connectivity index (χ2n) is 4.92. The Labute approximate surface area is 123 Å². The summed E-state index contributed by atoms with van der Waals surface area (Å²) in [6.45, 7) is 0.413. The van der Waals surface area contributed by atoms with E-state index in [4.69, 9.17) is 5.11 Å². The maximum absolute atomic E-state index is 13.4. The van der Waals surface area contributed by atoms with Crippen molar-refractivity contribution < 1.29 is 14.3 Å². The molecule has 1 saturated carbocycles. The molecule has 1 aromatic carbocycles. The SMILES string of the molecule is O=C(CCSc1ccccc1F)N(CCO)C1CCC1. The van der Waals surface area contributed by atoms with E-state index in [0.717, 1.165) is 19.3 Å². The molecule has 3 nitrogen and oxygen atoms in total. The number of carbonyl (C=O) groups excluding carboxylic acids is 1. The summed E-state index contributed by atoms with van der Waals surface area (Å²) in [5.74, 6) is 0.387. The van der Waals surface area contributed by atoms with E-state index in [-0.39, 0.29) is 18.3 Å². The fourth-order valence-corrected chi connectivity index (χ4v) is 3.15. The zero-order valence-corrected chi connectivity index (χ0v) is 12.2. The predicted molar refractivity (Wildman–Crippen MR) is 78.2 cm³/mol. The molecule has 20 heavy (non-hydrogen) atoms. The zero-order valence-electron chi connectivity index (χ0n) is 11.4. The molecule has 0 saturated heterocycles. The smallest absolute Gasteiger partial charge is 0.223 e. The highest BCUT2D eigenvalue weighted by molar-refractivity contribution is 7.99. The molecule has 0 spiro atoms. The van der Waals surface area contributed by atoms with Crippen molar-refractivity contribution in [1.29, 1.82) is 0 Å². The highest BCUT2D eigenvalue weighted by Crippen LogP contribution is 2.26. The van der Waals surface area contributed by atoms with Crippen LogP contribution in [0.1, 0.15) is 25.7 Å². The summed E-state index contributed by atoms with van der Waals surface area (Å²) < 4.78 is 13.4. The molecule has 1 amide bonds. The maximum Gasteiger partial charge on any atom is 0.223 e. The summed E-state index contributed by atoms with van der Waals surface area (Å²) in [6.07, 6.45) is 3.61. The van der Waals surface area contributed by atoms with Gasteiger partial charge in [0.1, 0.15) is 5.82 Å². The molecule has 2 rings (SSSR count). The Morgan fingerprint density at radius 1 is 1.40 bits per heavy atom. The average Bonchev–Trinajstić information content (AvgIpc) is 2.38. The Morgan fingerprint density at radius 2 is 2.15 bits per heavy atom. The van der Waals surface area contributed by atoms with Gasteiger partial charge in [-0.05, 0) is 31.4 Å². The first-order chi connectivity index (χ1) is 9.72. The lowest BCUT2D eigenvalue weighted by atomic mass is 9.91. The number of rotatable bonds is 7. The molecular formula is C15H20FNO2S. The van der Waals surface area contributed by atoms with Crippen LogP contribution in [-0.4, -0.2) is 40.9 Å². The summed E-state index contributed by atoms with van der Waals surface area (Å²) in [7, 11) is 0. The highest BCUT2D eigenvalue weighted by atomic mass is 32.2. The van der Waals surface area contributed by atoms with Crippen molar-refractivity contribution in [2.24, 2.45) is 0 Å². The molecule has 1 aliphatic carbocycles. The van der Waals surface area contributed by atoms with Crippen LogP contribution in [0.25, 0.3) is 0 Å². The van der Waals surface area contributed by atoms with Crippen LogP contribution < -0.4 is 0 Å². The van der Waals surface area contributed by atoms with E-state index in [9.17, 15) is 9.18 Å². The summed E-state index contributed by atoms with van der Waals surface area (Å²) in [6, 6.07) is 6.90. The van der Waals surface area contributed by atoms with Gasteiger partial charge in [0, 0.05) is 29.7 Å². The van der Waals surface area contributed by atoms with E-state index >= 15 is 0 Å². The molecule has 0 aromatic heterocycles. The third-order valence-electron chi connectivity index (χ3n) is 3.59. The first-order valence-electron chi connectivity index (χ1n) is 7.00. The Balaban J connectivity index is 1.80. The lowest BCUT2D eigenvalue weighted by molar-refractivity contribution is -0.135. The lowest BCUT2D eigenvalue weighted by Gasteiger charge is -2.37. The van der Waals surface area contributed by atoms with E-state index in [1.54, 1.807) is 23.1 Å². The topological polar surface area (TPSA) is 40.5 Å². The zero-order chi connectivity index (χ0) is 14.4. The van der Waals surface area contributed by atoms with E-state index < -0.39 is 0 Å². The van der Waals surface area contributed by atoms with Gasteiger partial charge < -0.3 is 10.0 Å². The van der Waals surface area contributed by atoms with Gasteiger partial charge >= 0.3 is 0 Å². The van der Waals surface area contributed by atoms with Crippen LogP contribution in [0.2, 0.25) is 0 Å². The molecule has 0 bridgehead atoms. The molecule has 0 heterocycles. The predicted octanol–water partition coefficient (Wildman–Crippen LogP) is 2.68. The highest BCUT2D eigenvalue weighted by Gasteiger charge is 2.27. The normalized spacial score (nSPS) is 14.9. The van der Waals surface area contributed by atoms with Crippen molar-refractivity contribution in [2.45, 2.75) is 36.6 Å².